The summed E-state index contributed by atoms with van der Waals surface area (Å²) in [4.78, 5) is 2.50. The first-order chi connectivity index (χ1) is 8.70. The highest BCUT2D eigenvalue weighted by Gasteiger charge is 2.18. The van der Waals surface area contributed by atoms with Gasteiger partial charge < -0.3 is 10.2 Å². The lowest BCUT2D eigenvalue weighted by atomic mass is 9.98. The molecule has 2 rings (SSSR count). The van der Waals surface area contributed by atoms with Gasteiger partial charge in [0.05, 0.1) is 0 Å². The van der Waals surface area contributed by atoms with Crippen molar-refractivity contribution in [2.24, 2.45) is 5.92 Å². The van der Waals surface area contributed by atoms with E-state index in [-0.39, 0.29) is 0 Å². The Bertz CT molecular complexity index is 384. The Morgan fingerprint density at radius 2 is 2.06 bits per heavy atom. The molecule has 0 saturated carbocycles. The molecule has 100 valence electrons. The highest BCUT2D eigenvalue weighted by molar-refractivity contribution is 6.30. The van der Waals surface area contributed by atoms with Crippen molar-refractivity contribution in [1.29, 1.82) is 0 Å². The van der Waals surface area contributed by atoms with Crippen LogP contribution in [-0.2, 0) is 6.54 Å². The summed E-state index contributed by atoms with van der Waals surface area (Å²) in [5.41, 5.74) is 2.67. The second-order valence-corrected chi connectivity index (χ2v) is 5.66. The number of nitrogens with zero attached hydrogens (tertiary/aromatic N) is 1. The summed E-state index contributed by atoms with van der Waals surface area (Å²) in [6.45, 7) is 8.71. The maximum Gasteiger partial charge on any atom is 0.0412 e. The molecule has 0 aliphatic carbocycles. The summed E-state index contributed by atoms with van der Waals surface area (Å²) in [6, 6.07) is 6.27. The van der Waals surface area contributed by atoms with Gasteiger partial charge in [-0.2, -0.15) is 0 Å². The molecule has 1 N–H and O–H groups in total. The third-order valence-electron chi connectivity index (χ3n) is 3.73. The minimum Gasteiger partial charge on any atom is -0.371 e. The molecular formula is C15H23ClN2. The second kappa shape index (κ2) is 6.44. The van der Waals surface area contributed by atoms with E-state index in [0.717, 1.165) is 24.0 Å². The molecule has 0 atom stereocenters. The van der Waals surface area contributed by atoms with Crippen LogP contribution >= 0.6 is 11.6 Å². The Labute approximate surface area is 115 Å². The van der Waals surface area contributed by atoms with Gasteiger partial charge in [-0.25, -0.2) is 0 Å². The van der Waals surface area contributed by atoms with E-state index in [1.807, 2.05) is 6.07 Å². The Hall–Kier alpha value is -0.730. The van der Waals surface area contributed by atoms with E-state index < -0.39 is 0 Å². The van der Waals surface area contributed by atoms with Gasteiger partial charge in [0.25, 0.3) is 0 Å². The van der Waals surface area contributed by atoms with Crippen LogP contribution in [0.2, 0.25) is 5.02 Å². The van der Waals surface area contributed by atoms with Crippen molar-refractivity contribution in [3.8, 4) is 0 Å². The minimum absolute atomic E-state index is 0.831. The van der Waals surface area contributed by atoms with Gasteiger partial charge in [0.1, 0.15) is 0 Å². The molecule has 0 unspecified atom stereocenters. The molecule has 1 aromatic rings. The average molecular weight is 267 g/mol. The number of hydrogen-bond donors (Lipinski definition) is 1. The fraction of sp³-hybridized carbons (Fsp3) is 0.600. The van der Waals surface area contributed by atoms with Gasteiger partial charge >= 0.3 is 0 Å². The fourth-order valence-corrected chi connectivity index (χ4v) is 2.71. The molecule has 3 heteroatoms. The number of nitrogens with one attached hydrogen (secondary N) is 1. The third kappa shape index (κ3) is 3.39. The molecule has 1 saturated heterocycles. The Kier molecular flexibility index (Phi) is 4.90. The van der Waals surface area contributed by atoms with Crippen molar-refractivity contribution in [1.82, 2.24) is 5.32 Å². The third-order valence-corrected chi connectivity index (χ3v) is 3.97. The van der Waals surface area contributed by atoms with E-state index in [9.17, 15) is 0 Å². The Balaban J connectivity index is 2.15. The van der Waals surface area contributed by atoms with E-state index in [1.165, 1.54) is 37.2 Å². The average Bonchev–Trinajstić information content (AvgIpc) is 2.38. The molecule has 1 aromatic carbocycles. The molecule has 1 aliphatic heterocycles. The van der Waals surface area contributed by atoms with E-state index in [1.54, 1.807) is 0 Å². The monoisotopic (exact) mass is 266 g/mol. The molecule has 18 heavy (non-hydrogen) atoms. The van der Waals surface area contributed by atoms with Gasteiger partial charge in [-0.15, -0.1) is 0 Å². The Morgan fingerprint density at radius 3 is 2.72 bits per heavy atom. The lowest BCUT2D eigenvalue weighted by Crippen LogP contribution is -2.33. The number of hydrogen-bond acceptors (Lipinski definition) is 2. The van der Waals surface area contributed by atoms with Crippen molar-refractivity contribution in [3.05, 3.63) is 28.8 Å². The normalized spacial score (nSPS) is 17.2. The maximum absolute atomic E-state index is 6.11. The zero-order chi connectivity index (χ0) is 13.0. The van der Waals surface area contributed by atoms with Crippen LogP contribution in [0.15, 0.2) is 18.2 Å². The number of rotatable bonds is 4. The lowest BCUT2D eigenvalue weighted by Gasteiger charge is -2.33. The number of halogens is 1. The first kappa shape index (κ1) is 13.7. The SMILES string of the molecule is CCNCc1cc(Cl)ccc1N1CCC(C)CC1. The Morgan fingerprint density at radius 1 is 1.33 bits per heavy atom. The van der Waals surface area contributed by atoms with Crippen LogP contribution < -0.4 is 10.2 Å². The molecule has 2 nitrogen and oxygen atoms in total. The number of piperidine rings is 1. The van der Waals surface area contributed by atoms with Crippen LogP contribution in [-0.4, -0.2) is 19.6 Å². The molecule has 0 spiro atoms. The summed E-state index contributed by atoms with van der Waals surface area (Å²) in [5, 5.41) is 4.23. The summed E-state index contributed by atoms with van der Waals surface area (Å²) in [7, 11) is 0. The molecule has 0 aromatic heterocycles. The molecule has 0 amide bonds. The van der Waals surface area contributed by atoms with Gasteiger partial charge in [-0.1, -0.05) is 25.4 Å². The van der Waals surface area contributed by atoms with E-state index >= 15 is 0 Å². The largest absolute Gasteiger partial charge is 0.371 e. The van der Waals surface area contributed by atoms with Crippen molar-refractivity contribution in [2.75, 3.05) is 24.5 Å². The van der Waals surface area contributed by atoms with Crippen molar-refractivity contribution >= 4 is 17.3 Å². The van der Waals surface area contributed by atoms with E-state index in [2.05, 4.69) is 36.2 Å². The van der Waals surface area contributed by atoms with Crippen LogP contribution in [0.5, 0.6) is 0 Å². The zero-order valence-electron chi connectivity index (χ0n) is 11.4. The fourth-order valence-electron chi connectivity index (χ4n) is 2.51. The quantitative estimate of drug-likeness (QED) is 0.894. The predicted octanol–water partition coefficient (Wildman–Crippen LogP) is 3.69. The smallest absolute Gasteiger partial charge is 0.0412 e. The summed E-state index contributed by atoms with van der Waals surface area (Å²) in [5.74, 6) is 0.866. The highest BCUT2D eigenvalue weighted by atomic mass is 35.5. The van der Waals surface area contributed by atoms with E-state index in [4.69, 9.17) is 11.6 Å². The second-order valence-electron chi connectivity index (χ2n) is 5.22. The van der Waals surface area contributed by atoms with Crippen molar-refractivity contribution < 1.29 is 0 Å². The summed E-state index contributed by atoms with van der Waals surface area (Å²) in [6.07, 6.45) is 2.59. The number of anilines is 1. The molecule has 0 bridgehead atoms. The number of benzene rings is 1. The van der Waals surface area contributed by atoms with Crippen LogP contribution in [0, 0.1) is 5.92 Å². The van der Waals surface area contributed by atoms with Crippen molar-refractivity contribution in [3.63, 3.8) is 0 Å². The molecule has 1 fully saturated rings. The van der Waals surface area contributed by atoms with Crippen molar-refractivity contribution in [2.45, 2.75) is 33.2 Å². The van der Waals surface area contributed by atoms with Crippen LogP contribution in [0.4, 0.5) is 5.69 Å². The van der Waals surface area contributed by atoms with Crippen LogP contribution in [0.25, 0.3) is 0 Å². The van der Waals surface area contributed by atoms with Crippen LogP contribution in [0.1, 0.15) is 32.3 Å². The maximum atomic E-state index is 6.11. The summed E-state index contributed by atoms with van der Waals surface area (Å²) >= 11 is 6.11. The van der Waals surface area contributed by atoms with Gasteiger partial charge in [0, 0.05) is 30.3 Å². The molecule has 1 heterocycles. The molecule has 1 aliphatic rings. The zero-order valence-corrected chi connectivity index (χ0v) is 12.1. The first-order valence-electron chi connectivity index (χ1n) is 6.94. The lowest BCUT2D eigenvalue weighted by molar-refractivity contribution is 0.437. The van der Waals surface area contributed by atoms with Gasteiger partial charge in [0.15, 0.2) is 0 Å². The molecular weight excluding hydrogens is 244 g/mol. The minimum atomic E-state index is 0.831. The van der Waals surface area contributed by atoms with Gasteiger partial charge in [-0.3, -0.25) is 0 Å². The molecule has 0 radical (unpaired) electrons. The summed E-state index contributed by atoms with van der Waals surface area (Å²) < 4.78 is 0. The van der Waals surface area contributed by atoms with Crippen LogP contribution in [0.3, 0.4) is 0 Å². The van der Waals surface area contributed by atoms with Gasteiger partial charge in [-0.05, 0) is 49.1 Å². The highest BCUT2D eigenvalue weighted by Crippen LogP contribution is 2.28. The predicted molar refractivity (Wildman–Crippen MR) is 79.4 cm³/mol. The topological polar surface area (TPSA) is 15.3 Å². The van der Waals surface area contributed by atoms with E-state index in [0.29, 0.717) is 0 Å². The first-order valence-corrected chi connectivity index (χ1v) is 7.32. The standard InChI is InChI=1S/C15H23ClN2/c1-3-17-11-13-10-14(16)4-5-15(13)18-8-6-12(2)7-9-18/h4-5,10,12,17H,3,6-9,11H2,1-2H3. The van der Waals surface area contributed by atoms with Gasteiger partial charge in [0.2, 0.25) is 0 Å².